The second kappa shape index (κ2) is 10.1. The van der Waals surface area contributed by atoms with Gasteiger partial charge in [-0.2, -0.15) is 0 Å². The maximum absolute atomic E-state index is 12.9. The molecule has 0 spiro atoms. The van der Waals surface area contributed by atoms with Crippen LogP contribution in [0, 0.1) is 11.8 Å². The van der Waals surface area contributed by atoms with Crippen LogP contribution in [-0.2, 0) is 14.3 Å². The summed E-state index contributed by atoms with van der Waals surface area (Å²) in [5.74, 6) is -1.00. The summed E-state index contributed by atoms with van der Waals surface area (Å²) in [5, 5.41) is 15.0. The van der Waals surface area contributed by atoms with E-state index in [2.05, 4.69) is 34.9 Å². The Morgan fingerprint density at radius 2 is 1.57 bits per heavy atom. The fraction of sp³-hybridized carbons (Fsp3) is 0.464. The number of amides is 2. The van der Waals surface area contributed by atoms with Crippen molar-refractivity contribution >= 4 is 18.0 Å². The largest absolute Gasteiger partial charge is 0.481 e. The maximum atomic E-state index is 12.9. The molecule has 2 amide bonds. The lowest BCUT2D eigenvalue weighted by Crippen LogP contribution is -2.46. The first kappa shape index (κ1) is 23.4. The molecule has 0 radical (unpaired) electrons. The highest BCUT2D eigenvalue weighted by atomic mass is 16.5. The van der Waals surface area contributed by atoms with E-state index in [4.69, 9.17) is 9.84 Å². The lowest BCUT2D eigenvalue weighted by molar-refractivity contribution is -0.138. The molecule has 0 unspecified atom stereocenters. The third-order valence-electron chi connectivity index (χ3n) is 7.85. The van der Waals surface area contributed by atoms with Gasteiger partial charge < -0.3 is 20.5 Å². The Hall–Kier alpha value is -3.35. The topological polar surface area (TPSA) is 105 Å². The van der Waals surface area contributed by atoms with Crippen LogP contribution < -0.4 is 10.6 Å². The Bertz CT molecular complexity index is 1070. The number of carbonyl (C=O) groups is 3. The van der Waals surface area contributed by atoms with Gasteiger partial charge in [0.25, 0.3) is 0 Å². The second-order valence-electron chi connectivity index (χ2n) is 10.1. The Kier molecular flexibility index (Phi) is 6.75. The molecule has 0 bridgehead atoms. The number of hydrogen-bond donors (Lipinski definition) is 3. The van der Waals surface area contributed by atoms with Crippen LogP contribution in [0.1, 0.15) is 62.0 Å². The van der Waals surface area contributed by atoms with Crippen molar-refractivity contribution in [1.29, 1.82) is 0 Å². The van der Waals surface area contributed by atoms with E-state index in [1.54, 1.807) is 0 Å². The van der Waals surface area contributed by atoms with Gasteiger partial charge in [0, 0.05) is 24.4 Å². The lowest BCUT2D eigenvalue weighted by Gasteiger charge is -2.23. The highest BCUT2D eigenvalue weighted by Gasteiger charge is 2.37. The van der Waals surface area contributed by atoms with Gasteiger partial charge in [0.05, 0.1) is 5.92 Å². The van der Waals surface area contributed by atoms with Gasteiger partial charge in [-0.15, -0.1) is 0 Å². The molecular formula is C28H32N2O5. The Balaban J connectivity index is 1.15. The van der Waals surface area contributed by atoms with Gasteiger partial charge in [-0.05, 0) is 60.3 Å². The predicted molar refractivity (Wildman–Crippen MR) is 131 cm³/mol. The van der Waals surface area contributed by atoms with Crippen molar-refractivity contribution in [2.75, 3.05) is 6.61 Å². The normalized spacial score (nSPS) is 25.0. The smallest absolute Gasteiger partial charge is 0.407 e. The quantitative estimate of drug-likeness (QED) is 0.548. The summed E-state index contributed by atoms with van der Waals surface area (Å²) in [6.45, 7) is 0.247. The number of aliphatic carboxylic acids is 1. The minimum absolute atomic E-state index is 0.00283. The van der Waals surface area contributed by atoms with Crippen LogP contribution in [0.15, 0.2) is 48.5 Å². The van der Waals surface area contributed by atoms with Gasteiger partial charge in [-0.3, -0.25) is 9.59 Å². The van der Waals surface area contributed by atoms with E-state index in [1.807, 2.05) is 24.3 Å². The Labute approximate surface area is 205 Å². The number of carboxylic acid groups (broad SMARTS) is 1. The van der Waals surface area contributed by atoms with Crippen LogP contribution in [-0.4, -0.2) is 41.8 Å². The molecule has 2 aromatic carbocycles. The van der Waals surface area contributed by atoms with Crippen molar-refractivity contribution in [3.63, 3.8) is 0 Å². The van der Waals surface area contributed by atoms with Crippen molar-refractivity contribution in [1.82, 2.24) is 10.6 Å². The van der Waals surface area contributed by atoms with Gasteiger partial charge in [0.2, 0.25) is 5.91 Å². The zero-order valence-electron chi connectivity index (χ0n) is 19.7. The highest BCUT2D eigenvalue weighted by Crippen LogP contribution is 2.44. The molecule has 5 rings (SSSR count). The van der Waals surface area contributed by atoms with Crippen LogP contribution >= 0.6 is 0 Å². The molecule has 184 valence electrons. The molecule has 0 aromatic heterocycles. The van der Waals surface area contributed by atoms with Crippen molar-refractivity contribution < 1.29 is 24.2 Å². The third-order valence-corrected chi connectivity index (χ3v) is 7.85. The third kappa shape index (κ3) is 5.04. The number of carbonyl (C=O) groups excluding carboxylic acids is 2. The number of carboxylic acids is 1. The monoisotopic (exact) mass is 476 g/mol. The fourth-order valence-corrected chi connectivity index (χ4v) is 6.18. The number of benzene rings is 2. The van der Waals surface area contributed by atoms with E-state index in [9.17, 15) is 14.4 Å². The minimum atomic E-state index is -0.787. The van der Waals surface area contributed by atoms with E-state index in [-0.39, 0.29) is 48.8 Å². The first-order chi connectivity index (χ1) is 17.0. The van der Waals surface area contributed by atoms with Crippen LogP contribution in [0.25, 0.3) is 11.1 Å². The zero-order valence-corrected chi connectivity index (χ0v) is 19.7. The number of alkyl carbamates (subject to hydrolysis) is 1. The van der Waals surface area contributed by atoms with Gasteiger partial charge in [0.1, 0.15) is 6.61 Å². The molecular weight excluding hydrogens is 444 g/mol. The summed E-state index contributed by atoms with van der Waals surface area (Å²) in [5.41, 5.74) is 4.69. The summed E-state index contributed by atoms with van der Waals surface area (Å²) in [7, 11) is 0. The Morgan fingerprint density at radius 3 is 2.26 bits per heavy atom. The molecule has 3 aliphatic rings. The second-order valence-corrected chi connectivity index (χ2v) is 10.1. The summed E-state index contributed by atoms with van der Waals surface area (Å²) in [4.78, 5) is 36.6. The van der Waals surface area contributed by atoms with Crippen LogP contribution in [0.3, 0.4) is 0 Å². The average Bonchev–Trinajstić information content (AvgIpc) is 3.55. The molecule has 2 fully saturated rings. The molecule has 2 saturated carbocycles. The van der Waals surface area contributed by atoms with E-state index in [1.165, 1.54) is 11.1 Å². The molecule has 2 aromatic rings. The number of ether oxygens (including phenoxy) is 1. The molecule has 4 atom stereocenters. The molecule has 35 heavy (non-hydrogen) atoms. The molecule has 7 nitrogen and oxygen atoms in total. The van der Waals surface area contributed by atoms with E-state index in [0.29, 0.717) is 6.42 Å². The Morgan fingerprint density at radius 1 is 0.886 bits per heavy atom. The highest BCUT2D eigenvalue weighted by molar-refractivity contribution is 5.81. The van der Waals surface area contributed by atoms with Crippen molar-refractivity contribution in [2.45, 2.75) is 62.9 Å². The zero-order chi connectivity index (χ0) is 24.4. The maximum Gasteiger partial charge on any atom is 0.407 e. The van der Waals surface area contributed by atoms with Gasteiger partial charge in [-0.1, -0.05) is 55.0 Å². The summed E-state index contributed by atoms with van der Waals surface area (Å²) in [6, 6.07) is 16.2. The minimum Gasteiger partial charge on any atom is -0.481 e. The van der Waals surface area contributed by atoms with Gasteiger partial charge >= 0.3 is 12.1 Å². The van der Waals surface area contributed by atoms with E-state index >= 15 is 0 Å². The first-order valence-electron chi connectivity index (χ1n) is 12.6. The van der Waals surface area contributed by atoms with Crippen LogP contribution in [0.2, 0.25) is 0 Å². The SMILES string of the molecule is O=C(O)C[C@@H]1CC[C@H](NC(=O)[C@@H]2CCC[C@@H]2NC(=O)OCC2c3ccccc3-c3ccccc32)C1. The summed E-state index contributed by atoms with van der Waals surface area (Å²) in [6.07, 6.45) is 4.35. The molecule has 0 saturated heterocycles. The standard InChI is InChI=1S/C28H32N2O5/c31-26(32)15-17-12-13-18(14-17)29-27(33)23-10-5-11-25(23)30-28(34)35-16-24-21-8-3-1-6-19(21)20-7-2-4-9-22(20)24/h1-4,6-9,17-18,23-25H,5,10-16H2,(H,29,33)(H,30,34)(H,31,32)/t17-,18+,23-,25+/m1/s1. The lowest BCUT2D eigenvalue weighted by atomic mass is 9.98. The van der Waals surface area contributed by atoms with Crippen molar-refractivity contribution in [3.8, 4) is 11.1 Å². The fourth-order valence-electron chi connectivity index (χ4n) is 6.18. The van der Waals surface area contributed by atoms with E-state index in [0.717, 1.165) is 43.2 Å². The molecule has 7 heteroatoms. The first-order valence-corrected chi connectivity index (χ1v) is 12.6. The van der Waals surface area contributed by atoms with Gasteiger partial charge in [0.15, 0.2) is 0 Å². The van der Waals surface area contributed by atoms with Crippen LogP contribution in [0.4, 0.5) is 4.79 Å². The average molecular weight is 477 g/mol. The molecule has 3 N–H and O–H groups in total. The van der Waals surface area contributed by atoms with Crippen molar-refractivity contribution in [3.05, 3.63) is 59.7 Å². The summed E-state index contributed by atoms with van der Waals surface area (Å²) < 4.78 is 5.68. The van der Waals surface area contributed by atoms with Crippen molar-refractivity contribution in [2.24, 2.45) is 11.8 Å². The molecule has 0 heterocycles. The predicted octanol–water partition coefficient (Wildman–Crippen LogP) is 4.45. The molecule has 0 aliphatic heterocycles. The molecule has 3 aliphatic carbocycles. The number of nitrogens with one attached hydrogen (secondary N) is 2. The van der Waals surface area contributed by atoms with Gasteiger partial charge in [-0.25, -0.2) is 4.79 Å². The summed E-state index contributed by atoms with van der Waals surface area (Å²) >= 11 is 0. The van der Waals surface area contributed by atoms with E-state index < -0.39 is 12.1 Å². The number of hydrogen-bond acceptors (Lipinski definition) is 4. The number of fused-ring (bicyclic) bond motifs is 3. The number of rotatable bonds is 7. The van der Waals surface area contributed by atoms with Crippen LogP contribution in [0.5, 0.6) is 0 Å².